The summed E-state index contributed by atoms with van der Waals surface area (Å²) in [5.74, 6) is 3.51. The zero-order valence-corrected chi connectivity index (χ0v) is 18.2. The van der Waals surface area contributed by atoms with Gasteiger partial charge in [0.15, 0.2) is 5.11 Å². The average molecular weight is 367 g/mol. The van der Waals surface area contributed by atoms with E-state index in [4.69, 9.17) is 12.2 Å². The Balaban J connectivity index is 2.00. The second-order valence-corrected chi connectivity index (χ2v) is 9.74. The Morgan fingerprint density at radius 1 is 0.920 bits per heavy atom. The minimum absolute atomic E-state index is 0.0762. The molecule has 0 bridgehead atoms. The summed E-state index contributed by atoms with van der Waals surface area (Å²) >= 11 is 5.68. The highest BCUT2D eigenvalue weighted by Gasteiger charge is 2.39. The second-order valence-electron chi connectivity index (χ2n) is 9.33. The van der Waals surface area contributed by atoms with Crippen LogP contribution in [-0.2, 0) is 0 Å². The summed E-state index contributed by atoms with van der Waals surface area (Å²) in [6, 6.07) is 0.558. The summed E-state index contributed by atoms with van der Waals surface area (Å²) < 4.78 is 0. The van der Waals surface area contributed by atoms with E-state index in [2.05, 4.69) is 45.3 Å². The lowest BCUT2D eigenvalue weighted by Crippen LogP contribution is -2.56. The van der Waals surface area contributed by atoms with Crippen molar-refractivity contribution in [3.8, 4) is 0 Å². The van der Waals surface area contributed by atoms with E-state index >= 15 is 0 Å². The minimum Gasteiger partial charge on any atom is -0.359 e. The van der Waals surface area contributed by atoms with Crippen molar-refractivity contribution in [2.75, 3.05) is 0 Å². The minimum atomic E-state index is 0.0762. The fourth-order valence-corrected chi connectivity index (χ4v) is 5.62. The molecule has 0 heterocycles. The molecule has 0 amide bonds. The molecule has 0 radical (unpaired) electrons. The van der Waals surface area contributed by atoms with Crippen LogP contribution in [0.3, 0.4) is 0 Å². The third-order valence-corrected chi connectivity index (χ3v) is 7.45. The number of hydrogen-bond donors (Lipinski definition) is 2. The van der Waals surface area contributed by atoms with Gasteiger partial charge < -0.3 is 10.6 Å². The van der Waals surface area contributed by atoms with Crippen molar-refractivity contribution in [1.29, 1.82) is 0 Å². The van der Waals surface area contributed by atoms with Crippen LogP contribution in [0.25, 0.3) is 0 Å². The van der Waals surface area contributed by atoms with Crippen molar-refractivity contribution in [3.05, 3.63) is 0 Å². The molecule has 0 aromatic rings. The fraction of sp³-hybridized carbons (Fsp3) is 0.955. The average Bonchev–Trinajstić information content (AvgIpc) is 2.62. The molecule has 25 heavy (non-hydrogen) atoms. The van der Waals surface area contributed by atoms with Gasteiger partial charge in [-0.3, -0.25) is 0 Å². The summed E-state index contributed by atoms with van der Waals surface area (Å²) in [5, 5.41) is 8.16. The van der Waals surface area contributed by atoms with Crippen molar-refractivity contribution < 1.29 is 0 Å². The van der Waals surface area contributed by atoms with Crippen LogP contribution in [-0.4, -0.2) is 16.7 Å². The lowest BCUT2D eigenvalue weighted by molar-refractivity contribution is 0.0868. The van der Waals surface area contributed by atoms with Gasteiger partial charge in [-0.2, -0.15) is 0 Å². The molecular weight excluding hydrogens is 324 g/mol. The van der Waals surface area contributed by atoms with E-state index in [1.807, 2.05) is 0 Å². The molecule has 2 unspecified atom stereocenters. The SMILES string of the molecule is CCC1CC(C2CCCCC2)CC(CC)C1NC(=S)NC(C)(C)CC. The highest BCUT2D eigenvalue weighted by Crippen LogP contribution is 2.44. The number of nitrogens with one attached hydrogen (secondary N) is 2. The lowest BCUT2D eigenvalue weighted by atomic mass is 9.64. The van der Waals surface area contributed by atoms with E-state index in [1.165, 1.54) is 57.8 Å². The van der Waals surface area contributed by atoms with Crippen LogP contribution in [0.5, 0.6) is 0 Å². The van der Waals surface area contributed by atoms with Crippen LogP contribution >= 0.6 is 12.2 Å². The van der Waals surface area contributed by atoms with Gasteiger partial charge in [-0.25, -0.2) is 0 Å². The summed E-state index contributed by atoms with van der Waals surface area (Å²) in [6.07, 6.45) is 13.8. The highest BCUT2D eigenvalue weighted by atomic mass is 32.1. The molecule has 2 nitrogen and oxygen atoms in total. The zero-order valence-electron chi connectivity index (χ0n) is 17.4. The summed E-state index contributed by atoms with van der Waals surface area (Å²) in [4.78, 5) is 0. The second kappa shape index (κ2) is 9.58. The van der Waals surface area contributed by atoms with E-state index in [-0.39, 0.29) is 5.54 Å². The maximum Gasteiger partial charge on any atom is 0.166 e. The van der Waals surface area contributed by atoms with E-state index in [1.54, 1.807) is 0 Å². The Hall–Kier alpha value is -0.310. The van der Waals surface area contributed by atoms with E-state index in [0.29, 0.717) is 6.04 Å². The molecule has 2 fully saturated rings. The molecular formula is C22H42N2S. The molecule has 2 N–H and O–H groups in total. The van der Waals surface area contributed by atoms with Gasteiger partial charge in [0.1, 0.15) is 0 Å². The van der Waals surface area contributed by atoms with Crippen LogP contribution in [0.2, 0.25) is 0 Å². The quantitative estimate of drug-likeness (QED) is 0.559. The van der Waals surface area contributed by atoms with Crippen LogP contribution in [0.15, 0.2) is 0 Å². The van der Waals surface area contributed by atoms with E-state index in [0.717, 1.165) is 35.2 Å². The molecule has 2 aliphatic carbocycles. The Morgan fingerprint density at radius 2 is 1.48 bits per heavy atom. The van der Waals surface area contributed by atoms with Gasteiger partial charge in [-0.05, 0) is 69.0 Å². The number of hydrogen-bond acceptors (Lipinski definition) is 1. The largest absolute Gasteiger partial charge is 0.359 e. The third kappa shape index (κ3) is 5.84. The van der Waals surface area contributed by atoms with Gasteiger partial charge in [0.05, 0.1) is 0 Å². The molecule has 0 aromatic heterocycles. The van der Waals surface area contributed by atoms with Crippen LogP contribution in [0.4, 0.5) is 0 Å². The molecule has 2 aliphatic rings. The van der Waals surface area contributed by atoms with Gasteiger partial charge in [-0.1, -0.05) is 65.7 Å². The van der Waals surface area contributed by atoms with E-state index < -0.39 is 0 Å². The van der Waals surface area contributed by atoms with Crippen LogP contribution < -0.4 is 10.6 Å². The Morgan fingerprint density at radius 3 is 1.96 bits per heavy atom. The van der Waals surface area contributed by atoms with Gasteiger partial charge in [0.25, 0.3) is 0 Å². The molecule has 0 aromatic carbocycles. The van der Waals surface area contributed by atoms with Crippen molar-refractivity contribution in [1.82, 2.24) is 10.6 Å². The highest BCUT2D eigenvalue weighted by molar-refractivity contribution is 7.80. The molecule has 146 valence electrons. The molecule has 2 rings (SSSR count). The first-order valence-electron chi connectivity index (χ1n) is 11.0. The maximum atomic E-state index is 5.68. The van der Waals surface area contributed by atoms with Crippen molar-refractivity contribution in [3.63, 3.8) is 0 Å². The van der Waals surface area contributed by atoms with Crippen LogP contribution in [0, 0.1) is 23.7 Å². The first-order chi connectivity index (χ1) is 11.9. The number of thiocarbonyl (C=S) groups is 1. The Labute approximate surface area is 162 Å². The topological polar surface area (TPSA) is 24.1 Å². The standard InChI is InChI=1S/C22H42N2S/c1-6-16-14-19(18-12-10-9-11-13-18)15-17(7-2)20(16)23-21(25)24-22(4,5)8-3/h16-20H,6-15H2,1-5H3,(H2,23,24,25). The van der Waals surface area contributed by atoms with Gasteiger partial charge in [0, 0.05) is 11.6 Å². The van der Waals surface area contributed by atoms with Crippen LogP contribution in [0.1, 0.15) is 98.8 Å². The normalized spacial score (nSPS) is 31.6. The summed E-state index contributed by atoms with van der Waals surface area (Å²) in [6.45, 7) is 11.4. The predicted molar refractivity (Wildman–Crippen MR) is 114 cm³/mol. The fourth-order valence-electron chi connectivity index (χ4n) is 5.20. The summed E-state index contributed by atoms with van der Waals surface area (Å²) in [5.41, 5.74) is 0.0762. The predicted octanol–water partition coefficient (Wildman–Crippen LogP) is 6.05. The molecule has 3 heteroatoms. The lowest BCUT2D eigenvalue weighted by Gasteiger charge is -2.46. The van der Waals surface area contributed by atoms with E-state index in [9.17, 15) is 0 Å². The molecule has 0 spiro atoms. The zero-order chi connectivity index (χ0) is 18.4. The van der Waals surface area contributed by atoms with Gasteiger partial charge in [0.2, 0.25) is 0 Å². The first-order valence-corrected chi connectivity index (χ1v) is 11.4. The number of rotatable bonds is 6. The molecule has 0 saturated heterocycles. The van der Waals surface area contributed by atoms with Gasteiger partial charge >= 0.3 is 0 Å². The Kier molecular flexibility index (Phi) is 8.04. The van der Waals surface area contributed by atoms with Gasteiger partial charge in [-0.15, -0.1) is 0 Å². The van der Waals surface area contributed by atoms with Crippen molar-refractivity contribution in [2.24, 2.45) is 23.7 Å². The van der Waals surface area contributed by atoms with Crippen molar-refractivity contribution in [2.45, 2.75) is 110 Å². The molecule has 2 saturated carbocycles. The monoisotopic (exact) mass is 366 g/mol. The summed E-state index contributed by atoms with van der Waals surface area (Å²) in [7, 11) is 0. The smallest absolute Gasteiger partial charge is 0.166 e. The Bertz CT molecular complexity index is 400. The maximum absolute atomic E-state index is 5.68. The first kappa shape index (κ1) is 21.0. The molecule has 0 aliphatic heterocycles. The van der Waals surface area contributed by atoms with Crippen molar-refractivity contribution >= 4 is 17.3 Å². The molecule has 2 atom stereocenters. The third-order valence-electron chi connectivity index (χ3n) is 7.23.